The van der Waals surface area contributed by atoms with Crippen molar-refractivity contribution < 1.29 is 10.2 Å². The summed E-state index contributed by atoms with van der Waals surface area (Å²) < 4.78 is 0.662. The van der Waals surface area contributed by atoms with E-state index in [-0.39, 0.29) is 16.0 Å². The highest BCUT2D eigenvalue weighted by Gasteiger charge is 2.13. The van der Waals surface area contributed by atoms with Crippen LogP contribution in [0.3, 0.4) is 0 Å². The van der Waals surface area contributed by atoms with Crippen molar-refractivity contribution in [3.05, 3.63) is 51.0 Å². The smallest absolute Gasteiger partial charge is 0.159 e. The normalized spacial score (nSPS) is 11.6. The third kappa shape index (κ3) is 2.99. The van der Waals surface area contributed by atoms with E-state index in [1.54, 1.807) is 12.3 Å². The fourth-order valence-corrected chi connectivity index (χ4v) is 3.60. The average Bonchev–Trinajstić information content (AvgIpc) is 3.30. The molecule has 4 rings (SSSR count). The molecule has 26 heavy (non-hydrogen) atoms. The first kappa shape index (κ1) is 16.8. The second-order valence-electron chi connectivity index (χ2n) is 5.46. The zero-order valence-electron chi connectivity index (χ0n) is 13.0. The highest BCUT2D eigenvalue weighted by atomic mass is 79.9. The maximum absolute atomic E-state index is 10.1. The van der Waals surface area contributed by atoms with Crippen LogP contribution in [0.4, 0.5) is 5.69 Å². The number of fused-ring (bicyclic) bond motifs is 1. The van der Waals surface area contributed by atoms with Crippen molar-refractivity contribution in [2.75, 3.05) is 0 Å². The van der Waals surface area contributed by atoms with Gasteiger partial charge in [0.05, 0.1) is 21.2 Å². The van der Waals surface area contributed by atoms with Gasteiger partial charge in [-0.15, -0.1) is 0 Å². The lowest BCUT2D eigenvalue weighted by molar-refractivity contribution is 0.442. The molecule has 0 spiro atoms. The Bertz CT molecular complexity index is 1140. The van der Waals surface area contributed by atoms with E-state index >= 15 is 0 Å². The SMILES string of the molecule is Oc1c(Br)cc(/C=N/c2ccc3[nH]c(-c4cc[nH]n4)nc3c2)c(O)c1Br. The monoisotopic (exact) mass is 475 g/mol. The van der Waals surface area contributed by atoms with Crippen molar-refractivity contribution in [2.45, 2.75) is 0 Å². The topological polar surface area (TPSA) is 110 Å². The molecule has 0 atom stereocenters. The van der Waals surface area contributed by atoms with Gasteiger partial charge in [-0.1, -0.05) is 0 Å². The molecule has 4 N–H and O–H groups in total. The maximum Gasteiger partial charge on any atom is 0.159 e. The Hall–Kier alpha value is -2.65. The van der Waals surface area contributed by atoms with Crippen LogP contribution in [0.1, 0.15) is 5.56 Å². The van der Waals surface area contributed by atoms with Crippen LogP contribution >= 0.6 is 31.9 Å². The predicted octanol–water partition coefficient (Wildman–Crippen LogP) is 4.64. The van der Waals surface area contributed by atoms with E-state index in [2.05, 4.69) is 57.0 Å². The number of nitrogens with one attached hydrogen (secondary N) is 2. The molecular formula is C17H11Br2N5O2. The Balaban J connectivity index is 1.68. The van der Waals surface area contributed by atoms with E-state index in [0.29, 0.717) is 21.5 Å². The Morgan fingerprint density at radius 1 is 1.08 bits per heavy atom. The highest BCUT2D eigenvalue weighted by Crippen LogP contribution is 2.40. The Morgan fingerprint density at radius 2 is 1.92 bits per heavy atom. The highest BCUT2D eigenvalue weighted by molar-refractivity contribution is 9.11. The van der Waals surface area contributed by atoms with Crippen LogP contribution in [0.5, 0.6) is 11.5 Å². The number of benzene rings is 2. The molecule has 2 aromatic heterocycles. The third-order valence-corrected chi connectivity index (χ3v) is 5.12. The first-order valence-electron chi connectivity index (χ1n) is 7.47. The Kier molecular flexibility index (Phi) is 4.25. The van der Waals surface area contributed by atoms with Crippen molar-refractivity contribution in [2.24, 2.45) is 4.99 Å². The maximum atomic E-state index is 10.1. The molecule has 4 aromatic rings. The molecule has 0 saturated carbocycles. The van der Waals surface area contributed by atoms with Crippen molar-refractivity contribution in [3.63, 3.8) is 0 Å². The molecule has 0 bridgehead atoms. The number of hydrogen-bond donors (Lipinski definition) is 4. The zero-order chi connectivity index (χ0) is 18.3. The van der Waals surface area contributed by atoms with Crippen LogP contribution in [0.2, 0.25) is 0 Å². The zero-order valence-corrected chi connectivity index (χ0v) is 16.2. The van der Waals surface area contributed by atoms with E-state index in [9.17, 15) is 10.2 Å². The molecule has 0 aliphatic carbocycles. The van der Waals surface area contributed by atoms with Crippen LogP contribution < -0.4 is 0 Å². The van der Waals surface area contributed by atoms with Gasteiger partial charge in [0.25, 0.3) is 0 Å². The van der Waals surface area contributed by atoms with E-state index in [0.717, 1.165) is 16.7 Å². The predicted molar refractivity (Wildman–Crippen MR) is 106 cm³/mol. The molecule has 0 amide bonds. The summed E-state index contributed by atoms with van der Waals surface area (Å²) in [7, 11) is 0. The molecule has 0 saturated heterocycles. The Labute approximate surface area is 164 Å². The molecule has 7 nitrogen and oxygen atoms in total. The van der Waals surface area contributed by atoms with Gasteiger partial charge in [-0.3, -0.25) is 10.1 Å². The first-order chi connectivity index (χ1) is 12.5. The molecule has 0 aliphatic rings. The third-order valence-electron chi connectivity index (χ3n) is 3.76. The van der Waals surface area contributed by atoms with Crippen LogP contribution in [-0.2, 0) is 0 Å². The molecule has 0 unspecified atom stereocenters. The number of aromatic amines is 2. The van der Waals surface area contributed by atoms with Crippen molar-refractivity contribution in [3.8, 4) is 23.0 Å². The lowest BCUT2D eigenvalue weighted by Crippen LogP contribution is -1.85. The summed E-state index contributed by atoms with van der Waals surface area (Å²) in [4.78, 5) is 12.1. The van der Waals surface area contributed by atoms with Gasteiger partial charge in [-0.05, 0) is 62.2 Å². The summed E-state index contributed by atoms with van der Waals surface area (Å²) >= 11 is 6.38. The molecule has 0 aliphatic heterocycles. The second-order valence-corrected chi connectivity index (χ2v) is 7.11. The van der Waals surface area contributed by atoms with E-state index in [1.807, 2.05) is 24.3 Å². The average molecular weight is 477 g/mol. The van der Waals surface area contributed by atoms with Gasteiger partial charge in [0.1, 0.15) is 21.7 Å². The number of phenolic OH excluding ortho intramolecular Hbond substituents is 2. The number of H-pyrrole nitrogens is 2. The Morgan fingerprint density at radius 3 is 2.69 bits per heavy atom. The first-order valence-corrected chi connectivity index (χ1v) is 9.05. The summed E-state index contributed by atoms with van der Waals surface area (Å²) in [5, 5.41) is 26.8. The molecule has 2 aromatic carbocycles. The van der Waals surface area contributed by atoms with Gasteiger partial charge in [0.15, 0.2) is 5.82 Å². The van der Waals surface area contributed by atoms with Gasteiger partial charge in [-0.2, -0.15) is 5.10 Å². The van der Waals surface area contributed by atoms with Crippen molar-refractivity contribution in [1.82, 2.24) is 20.2 Å². The van der Waals surface area contributed by atoms with Crippen molar-refractivity contribution >= 4 is 54.8 Å². The number of hydrogen-bond acceptors (Lipinski definition) is 5. The fourth-order valence-electron chi connectivity index (χ4n) is 2.45. The van der Waals surface area contributed by atoms with Crippen LogP contribution in [-0.4, -0.2) is 36.6 Å². The minimum Gasteiger partial charge on any atom is -0.506 e. The molecule has 0 fully saturated rings. The molecule has 0 radical (unpaired) electrons. The number of imidazole rings is 1. The van der Waals surface area contributed by atoms with Gasteiger partial charge in [0, 0.05) is 18.0 Å². The van der Waals surface area contributed by atoms with E-state index in [4.69, 9.17) is 0 Å². The second kappa shape index (κ2) is 6.58. The number of phenols is 2. The van der Waals surface area contributed by atoms with Crippen LogP contribution in [0.25, 0.3) is 22.6 Å². The fraction of sp³-hybridized carbons (Fsp3) is 0. The van der Waals surface area contributed by atoms with Crippen LogP contribution in [0, 0.1) is 0 Å². The lowest BCUT2D eigenvalue weighted by Gasteiger charge is -2.06. The standard InChI is InChI=1S/C17H11Br2N5O2/c18-10-5-8(15(25)14(19)16(10)26)7-20-9-1-2-11-13(6-9)23-17(22-11)12-3-4-21-24-12/h1-7,25-26H,(H,21,24)(H,22,23)/b20-7+. The largest absolute Gasteiger partial charge is 0.506 e. The molecular weight excluding hydrogens is 466 g/mol. The minimum absolute atomic E-state index is 0.0662. The number of nitrogens with zero attached hydrogens (tertiary/aromatic N) is 3. The lowest BCUT2D eigenvalue weighted by atomic mass is 10.2. The summed E-state index contributed by atoms with van der Waals surface area (Å²) in [5.41, 5.74) is 3.50. The van der Waals surface area contributed by atoms with Gasteiger partial charge >= 0.3 is 0 Å². The van der Waals surface area contributed by atoms with Gasteiger partial charge in [0.2, 0.25) is 0 Å². The van der Waals surface area contributed by atoms with Gasteiger partial charge in [-0.25, -0.2) is 4.98 Å². The molecule has 130 valence electrons. The van der Waals surface area contributed by atoms with E-state index < -0.39 is 0 Å². The molecule has 2 heterocycles. The summed E-state index contributed by atoms with van der Waals surface area (Å²) in [5.74, 6) is 0.519. The number of aromatic nitrogens is 4. The summed E-state index contributed by atoms with van der Waals surface area (Å²) in [6.45, 7) is 0. The number of aromatic hydroxyl groups is 2. The minimum atomic E-state index is -0.0869. The molecule has 9 heteroatoms. The van der Waals surface area contributed by atoms with Crippen LogP contribution in [0.15, 0.2) is 50.5 Å². The summed E-state index contributed by atoms with van der Waals surface area (Å²) in [6.07, 6.45) is 3.26. The summed E-state index contributed by atoms with van der Waals surface area (Å²) in [6, 6.07) is 8.97. The number of rotatable bonds is 3. The number of aliphatic imine (C=N–C) groups is 1. The number of halogens is 2. The van der Waals surface area contributed by atoms with Gasteiger partial charge < -0.3 is 15.2 Å². The van der Waals surface area contributed by atoms with Crippen molar-refractivity contribution in [1.29, 1.82) is 0 Å². The van der Waals surface area contributed by atoms with E-state index in [1.165, 1.54) is 6.21 Å². The quantitative estimate of drug-likeness (QED) is 0.323.